The first-order chi connectivity index (χ1) is 15.6. The molecule has 2 aromatic carbocycles. The molecule has 2 fully saturated rings. The lowest BCUT2D eigenvalue weighted by Gasteiger charge is -2.36. The van der Waals surface area contributed by atoms with Crippen LogP contribution in [0.2, 0.25) is 0 Å². The number of nitrogens with one attached hydrogen (secondary N) is 1. The van der Waals surface area contributed by atoms with E-state index in [0.29, 0.717) is 19.3 Å². The van der Waals surface area contributed by atoms with E-state index in [4.69, 9.17) is 14.2 Å². The van der Waals surface area contributed by atoms with E-state index in [1.54, 1.807) is 14.2 Å². The number of rotatable bonds is 6. The van der Waals surface area contributed by atoms with E-state index in [0.717, 1.165) is 61.5 Å². The number of hydrogen-bond acceptors (Lipinski definition) is 5. The quantitative estimate of drug-likeness (QED) is 0.750. The predicted octanol–water partition coefficient (Wildman–Crippen LogP) is 3.57. The molecule has 6 heteroatoms. The predicted molar refractivity (Wildman–Crippen MR) is 122 cm³/mol. The summed E-state index contributed by atoms with van der Waals surface area (Å²) in [5.74, 6) is 2.50. The summed E-state index contributed by atoms with van der Waals surface area (Å²) in [6.07, 6.45) is 4.70. The van der Waals surface area contributed by atoms with Gasteiger partial charge < -0.3 is 19.5 Å². The Balaban J connectivity index is 1.45. The Morgan fingerprint density at radius 2 is 1.91 bits per heavy atom. The summed E-state index contributed by atoms with van der Waals surface area (Å²) in [5, 5.41) is 2.98. The lowest BCUT2D eigenvalue weighted by molar-refractivity contribution is -0.132. The number of carbonyl (C=O) groups is 1. The molecule has 3 atom stereocenters. The van der Waals surface area contributed by atoms with Crippen molar-refractivity contribution in [2.45, 2.75) is 50.7 Å². The third kappa shape index (κ3) is 3.60. The Labute approximate surface area is 189 Å². The molecule has 0 unspecified atom stereocenters. The molecule has 2 saturated heterocycles. The van der Waals surface area contributed by atoms with E-state index >= 15 is 0 Å². The standard InChI is InChI=1S/C26H32N2O4/c1-27-25(29)26(15-18-7-4-3-5-8-18)16-20-9-10-24(26)28(20)17-19-13-22-23(14-21(19)30-2)32-12-6-11-31-22/h3-5,7-8,13-14,20,24H,6,9-12,15-17H2,1-2H3,(H,27,29)/t20-,24+,26+/m1/s1. The summed E-state index contributed by atoms with van der Waals surface area (Å²) in [6.45, 7) is 2.05. The zero-order valence-corrected chi connectivity index (χ0v) is 18.9. The van der Waals surface area contributed by atoms with Gasteiger partial charge in [-0.2, -0.15) is 0 Å². The number of ether oxygens (including phenoxy) is 3. The monoisotopic (exact) mass is 436 g/mol. The van der Waals surface area contributed by atoms with Crippen LogP contribution in [0, 0.1) is 5.41 Å². The fraction of sp³-hybridized carbons (Fsp3) is 0.500. The summed E-state index contributed by atoms with van der Waals surface area (Å²) in [6, 6.07) is 15.0. The highest BCUT2D eigenvalue weighted by molar-refractivity contribution is 5.84. The van der Waals surface area contributed by atoms with Gasteiger partial charge in [-0.1, -0.05) is 30.3 Å². The highest BCUT2D eigenvalue weighted by Gasteiger charge is 2.59. The minimum atomic E-state index is -0.405. The molecule has 3 heterocycles. The summed E-state index contributed by atoms with van der Waals surface area (Å²) >= 11 is 0. The van der Waals surface area contributed by atoms with Gasteiger partial charge in [0.15, 0.2) is 11.5 Å². The molecule has 3 aliphatic rings. The molecule has 0 saturated carbocycles. The smallest absolute Gasteiger partial charge is 0.227 e. The van der Waals surface area contributed by atoms with Crippen LogP contribution >= 0.6 is 0 Å². The number of fused-ring (bicyclic) bond motifs is 3. The highest BCUT2D eigenvalue weighted by Crippen LogP contribution is 2.53. The first-order valence-corrected chi connectivity index (χ1v) is 11.6. The number of carbonyl (C=O) groups excluding carboxylic acids is 1. The van der Waals surface area contributed by atoms with E-state index in [2.05, 4.69) is 40.5 Å². The Hall–Kier alpha value is -2.73. The van der Waals surface area contributed by atoms with Crippen LogP contribution in [0.4, 0.5) is 0 Å². The number of nitrogens with zero attached hydrogens (tertiary/aromatic N) is 1. The van der Waals surface area contributed by atoms with Crippen molar-refractivity contribution < 1.29 is 19.0 Å². The van der Waals surface area contributed by atoms with Crippen LogP contribution in [0.15, 0.2) is 42.5 Å². The maximum absolute atomic E-state index is 13.3. The second-order valence-corrected chi connectivity index (χ2v) is 9.18. The van der Waals surface area contributed by atoms with Gasteiger partial charge in [0.25, 0.3) is 0 Å². The van der Waals surface area contributed by atoms with Gasteiger partial charge in [0.05, 0.1) is 25.7 Å². The molecule has 6 nitrogen and oxygen atoms in total. The van der Waals surface area contributed by atoms with Crippen LogP contribution in [0.3, 0.4) is 0 Å². The number of benzene rings is 2. The van der Waals surface area contributed by atoms with Crippen molar-refractivity contribution in [2.75, 3.05) is 27.4 Å². The van der Waals surface area contributed by atoms with Gasteiger partial charge >= 0.3 is 0 Å². The number of methoxy groups -OCH3 is 1. The van der Waals surface area contributed by atoms with Crippen LogP contribution < -0.4 is 19.5 Å². The molecule has 1 N–H and O–H groups in total. The molecule has 32 heavy (non-hydrogen) atoms. The first-order valence-electron chi connectivity index (χ1n) is 11.6. The summed E-state index contributed by atoms with van der Waals surface area (Å²) < 4.78 is 17.5. The average molecular weight is 437 g/mol. The number of amides is 1. The average Bonchev–Trinajstić information content (AvgIpc) is 3.23. The van der Waals surface area contributed by atoms with Crippen molar-refractivity contribution in [3.8, 4) is 17.2 Å². The van der Waals surface area contributed by atoms with E-state index in [1.807, 2.05) is 12.1 Å². The van der Waals surface area contributed by atoms with Gasteiger partial charge in [0.1, 0.15) is 5.75 Å². The molecule has 2 bridgehead atoms. The Bertz CT molecular complexity index is 979. The zero-order valence-electron chi connectivity index (χ0n) is 18.9. The number of hydrogen-bond donors (Lipinski definition) is 1. The summed E-state index contributed by atoms with van der Waals surface area (Å²) in [7, 11) is 3.46. The third-order valence-corrected chi connectivity index (χ3v) is 7.43. The van der Waals surface area contributed by atoms with Crippen LogP contribution in [0.25, 0.3) is 0 Å². The van der Waals surface area contributed by atoms with Crippen LogP contribution in [-0.4, -0.2) is 50.3 Å². The van der Waals surface area contributed by atoms with Crippen molar-refractivity contribution in [3.63, 3.8) is 0 Å². The maximum atomic E-state index is 13.3. The molecule has 3 aliphatic heterocycles. The van der Waals surface area contributed by atoms with Crippen molar-refractivity contribution in [1.29, 1.82) is 0 Å². The van der Waals surface area contributed by atoms with E-state index in [1.165, 1.54) is 5.56 Å². The topological polar surface area (TPSA) is 60.0 Å². The van der Waals surface area contributed by atoms with Gasteiger partial charge in [-0.05, 0) is 37.3 Å². The molecule has 2 aromatic rings. The maximum Gasteiger partial charge on any atom is 0.227 e. The Kier molecular flexibility index (Phi) is 5.72. The molecule has 0 spiro atoms. The van der Waals surface area contributed by atoms with Gasteiger partial charge in [-0.3, -0.25) is 9.69 Å². The van der Waals surface area contributed by atoms with Crippen LogP contribution in [0.1, 0.15) is 36.8 Å². The Morgan fingerprint density at radius 3 is 2.62 bits per heavy atom. The van der Waals surface area contributed by atoms with Gasteiger partial charge in [-0.15, -0.1) is 0 Å². The summed E-state index contributed by atoms with van der Waals surface area (Å²) in [4.78, 5) is 15.8. The molecular weight excluding hydrogens is 404 g/mol. The van der Waals surface area contributed by atoms with Crippen molar-refractivity contribution >= 4 is 5.91 Å². The normalized spacial score (nSPS) is 26.6. The lowest BCUT2D eigenvalue weighted by Crippen LogP contribution is -2.49. The second-order valence-electron chi connectivity index (χ2n) is 9.18. The molecule has 0 radical (unpaired) electrons. The van der Waals surface area contributed by atoms with Crippen molar-refractivity contribution in [3.05, 3.63) is 53.6 Å². The van der Waals surface area contributed by atoms with Gasteiger partial charge in [0.2, 0.25) is 5.91 Å². The third-order valence-electron chi connectivity index (χ3n) is 7.43. The molecule has 0 aliphatic carbocycles. The van der Waals surface area contributed by atoms with E-state index in [-0.39, 0.29) is 11.9 Å². The molecule has 5 rings (SSSR count). The zero-order chi connectivity index (χ0) is 22.1. The highest BCUT2D eigenvalue weighted by atomic mass is 16.5. The second kappa shape index (κ2) is 8.66. The SMILES string of the molecule is CNC(=O)[C@@]1(Cc2ccccc2)C[C@H]2CC[C@@H]1N2Cc1cc2c(cc1OC)OCCCO2. The van der Waals surface area contributed by atoms with Gasteiger partial charge in [0, 0.05) is 43.7 Å². The Morgan fingerprint density at radius 1 is 1.16 bits per heavy atom. The minimum Gasteiger partial charge on any atom is -0.496 e. The largest absolute Gasteiger partial charge is 0.496 e. The van der Waals surface area contributed by atoms with Crippen molar-refractivity contribution in [2.24, 2.45) is 5.41 Å². The first kappa shape index (κ1) is 21.1. The van der Waals surface area contributed by atoms with Crippen molar-refractivity contribution in [1.82, 2.24) is 10.2 Å². The van der Waals surface area contributed by atoms with E-state index < -0.39 is 5.41 Å². The molecule has 1 amide bonds. The van der Waals surface area contributed by atoms with Crippen LogP contribution in [0.5, 0.6) is 17.2 Å². The molecular formula is C26H32N2O4. The molecule has 170 valence electrons. The fourth-order valence-electron chi connectivity index (χ4n) is 6.01. The van der Waals surface area contributed by atoms with Crippen LogP contribution in [-0.2, 0) is 17.8 Å². The van der Waals surface area contributed by atoms with Gasteiger partial charge in [-0.25, -0.2) is 0 Å². The fourth-order valence-corrected chi connectivity index (χ4v) is 6.01. The minimum absolute atomic E-state index is 0.157. The summed E-state index contributed by atoms with van der Waals surface area (Å²) in [5.41, 5.74) is 1.90. The lowest BCUT2D eigenvalue weighted by atomic mass is 9.69. The molecule has 0 aromatic heterocycles. The van der Waals surface area contributed by atoms with E-state index in [9.17, 15) is 4.79 Å².